The van der Waals surface area contributed by atoms with Crippen molar-refractivity contribution >= 4 is 0 Å². The summed E-state index contributed by atoms with van der Waals surface area (Å²) < 4.78 is 0. The van der Waals surface area contributed by atoms with Gasteiger partial charge in [-0.25, -0.2) is 0 Å². The van der Waals surface area contributed by atoms with Crippen LogP contribution >= 0.6 is 0 Å². The van der Waals surface area contributed by atoms with Crippen LogP contribution in [0.3, 0.4) is 0 Å². The maximum absolute atomic E-state index is 2.55. The van der Waals surface area contributed by atoms with Crippen LogP contribution in [0.5, 0.6) is 0 Å². The van der Waals surface area contributed by atoms with Gasteiger partial charge in [0.15, 0.2) is 0 Å². The second kappa shape index (κ2) is 16.8. The predicted molar refractivity (Wildman–Crippen MR) is 108 cm³/mol. The van der Waals surface area contributed by atoms with E-state index in [0.29, 0.717) is 0 Å². The molecular weight excluding hydrogens is 276 g/mol. The lowest BCUT2D eigenvalue weighted by Gasteiger charge is -2.31. The Morgan fingerprint density at radius 1 is 0.522 bits per heavy atom. The van der Waals surface area contributed by atoms with Crippen molar-refractivity contribution in [2.24, 2.45) is 17.8 Å². The van der Waals surface area contributed by atoms with Crippen molar-refractivity contribution in [2.75, 3.05) is 0 Å². The Kier molecular flexibility index (Phi) is 16.8. The second-order valence-corrected chi connectivity index (χ2v) is 8.00. The molecule has 140 valence electrons. The first kappa shape index (κ1) is 23.0. The lowest BCUT2D eigenvalue weighted by Crippen LogP contribution is -2.21. The van der Waals surface area contributed by atoms with Gasteiger partial charge in [0.25, 0.3) is 0 Å². The third-order valence-corrected chi connectivity index (χ3v) is 5.91. The summed E-state index contributed by atoms with van der Waals surface area (Å²) in [5.41, 5.74) is 0. The van der Waals surface area contributed by atoms with E-state index < -0.39 is 0 Å². The molecule has 0 nitrogen and oxygen atoms in total. The monoisotopic (exact) mass is 324 g/mol. The highest BCUT2D eigenvalue weighted by Gasteiger charge is 2.24. The average Bonchev–Trinajstić information content (AvgIpc) is 2.55. The van der Waals surface area contributed by atoms with Gasteiger partial charge in [-0.15, -0.1) is 0 Å². The molecule has 0 radical (unpaired) electrons. The molecule has 0 saturated heterocycles. The number of hydrogen-bond donors (Lipinski definition) is 0. The molecule has 0 aliphatic heterocycles. The van der Waals surface area contributed by atoms with Crippen LogP contribution in [0, 0.1) is 17.8 Å². The van der Waals surface area contributed by atoms with Gasteiger partial charge in [0.2, 0.25) is 0 Å². The standard InChI is InChI=1S/C23H48/c1-6-10-12-14-15-17-20-22(18-8-3)23(9-4)21(5)19-16-13-11-7-2/h21-23H,6-20H2,1-5H3. The Bertz CT molecular complexity index is 220. The molecule has 0 saturated carbocycles. The molecule has 0 aromatic carbocycles. The second-order valence-electron chi connectivity index (χ2n) is 8.00. The molecule has 0 heterocycles. The van der Waals surface area contributed by atoms with Gasteiger partial charge in [-0.1, -0.05) is 131 Å². The molecule has 0 spiro atoms. The first-order chi connectivity index (χ1) is 11.2. The zero-order valence-corrected chi connectivity index (χ0v) is 17.3. The Morgan fingerprint density at radius 2 is 1.04 bits per heavy atom. The van der Waals surface area contributed by atoms with Crippen LogP contribution in [0.4, 0.5) is 0 Å². The molecule has 0 fully saturated rings. The fourth-order valence-corrected chi connectivity index (χ4v) is 4.44. The van der Waals surface area contributed by atoms with E-state index in [0.717, 1.165) is 17.8 Å². The molecule has 3 atom stereocenters. The van der Waals surface area contributed by atoms with Crippen molar-refractivity contribution in [3.05, 3.63) is 0 Å². The van der Waals surface area contributed by atoms with Crippen molar-refractivity contribution in [3.8, 4) is 0 Å². The fraction of sp³-hybridized carbons (Fsp3) is 1.00. The third kappa shape index (κ3) is 12.1. The molecule has 0 bridgehead atoms. The minimum atomic E-state index is 0.938. The van der Waals surface area contributed by atoms with Gasteiger partial charge in [0.1, 0.15) is 0 Å². The van der Waals surface area contributed by atoms with E-state index in [-0.39, 0.29) is 0 Å². The molecule has 0 N–H and O–H groups in total. The highest BCUT2D eigenvalue weighted by Crippen LogP contribution is 2.34. The van der Waals surface area contributed by atoms with E-state index in [9.17, 15) is 0 Å². The molecule has 0 aromatic heterocycles. The number of hydrogen-bond acceptors (Lipinski definition) is 0. The Morgan fingerprint density at radius 3 is 1.61 bits per heavy atom. The SMILES string of the molecule is CCCCCCCCC(CCC)C(CC)C(C)CCCCCC. The normalized spacial score (nSPS) is 15.5. The molecular formula is C23H48. The number of rotatable bonds is 17. The highest BCUT2D eigenvalue weighted by molar-refractivity contribution is 4.74. The summed E-state index contributed by atoms with van der Waals surface area (Å²) >= 11 is 0. The Hall–Kier alpha value is 0. The third-order valence-electron chi connectivity index (χ3n) is 5.91. The smallest absolute Gasteiger partial charge is 0.0363 e. The first-order valence-corrected chi connectivity index (χ1v) is 11.2. The summed E-state index contributed by atoms with van der Waals surface area (Å²) in [6, 6.07) is 0. The van der Waals surface area contributed by atoms with Crippen LogP contribution in [-0.2, 0) is 0 Å². The van der Waals surface area contributed by atoms with Gasteiger partial charge in [-0.05, 0) is 17.8 Å². The van der Waals surface area contributed by atoms with E-state index in [1.54, 1.807) is 0 Å². The van der Waals surface area contributed by atoms with E-state index in [1.807, 2.05) is 0 Å². The van der Waals surface area contributed by atoms with Crippen LogP contribution in [0.1, 0.15) is 131 Å². The average molecular weight is 325 g/mol. The summed E-state index contributed by atoms with van der Waals surface area (Å²) in [4.78, 5) is 0. The van der Waals surface area contributed by atoms with Crippen LogP contribution in [0.2, 0.25) is 0 Å². The van der Waals surface area contributed by atoms with E-state index >= 15 is 0 Å². The van der Waals surface area contributed by atoms with Gasteiger partial charge < -0.3 is 0 Å². The van der Waals surface area contributed by atoms with Crippen molar-refractivity contribution < 1.29 is 0 Å². The fourth-order valence-electron chi connectivity index (χ4n) is 4.44. The van der Waals surface area contributed by atoms with Crippen LogP contribution in [0.25, 0.3) is 0 Å². The molecule has 0 rings (SSSR count). The van der Waals surface area contributed by atoms with Crippen LogP contribution in [-0.4, -0.2) is 0 Å². The van der Waals surface area contributed by atoms with Crippen molar-refractivity contribution in [3.63, 3.8) is 0 Å². The lowest BCUT2D eigenvalue weighted by molar-refractivity contribution is 0.191. The molecule has 0 aliphatic rings. The van der Waals surface area contributed by atoms with E-state index in [2.05, 4.69) is 34.6 Å². The Balaban J connectivity index is 4.16. The van der Waals surface area contributed by atoms with Crippen molar-refractivity contribution in [2.45, 2.75) is 131 Å². The maximum atomic E-state index is 2.55. The summed E-state index contributed by atoms with van der Waals surface area (Å²) in [7, 11) is 0. The minimum Gasteiger partial charge on any atom is -0.0654 e. The maximum Gasteiger partial charge on any atom is -0.0363 e. The van der Waals surface area contributed by atoms with Gasteiger partial charge in [-0.3, -0.25) is 0 Å². The quantitative estimate of drug-likeness (QED) is 0.234. The highest BCUT2D eigenvalue weighted by atomic mass is 14.3. The molecule has 0 amide bonds. The zero-order chi connectivity index (χ0) is 17.3. The van der Waals surface area contributed by atoms with Gasteiger partial charge in [0.05, 0.1) is 0 Å². The van der Waals surface area contributed by atoms with E-state index in [1.165, 1.54) is 96.3 Å². The summed E-state index contributed by atoms with van der Waals surface area (Å²) in [5, 5.41) is 0. The molecule has 3 unspecified atom stereocenters. The summed E-state index contributed by atoms with van der Waals surface area (Å²) in [5.74, 6) is 2.91. The first-order valence-electron chi connectivity index (χ1n) is 11.2. The molecule has 0 aliphatic carbocycles. The van der Waals surface area contributed by atoms with Crippen molar-refractivity contribution in [1.29, 1.82) is 0 Å². The van der Waals surface area contributed by atoms with Crippen LogP contribution in [0.15, 0.2) is 0 Å². The van der Waals surface area contributed by atoms with Crippen molar-refractivity contribution in [1.82, 2.24) is 0 Å². The summed E-state index contributed by atoms with van der Waals surface area (Å²) in [6.07, 6.45) is 21.6. The molecule has 0 heteroatoms. The Labute approximate surface area is 149 Å². The topological polar surface area (TPSA) is 0 Å². The van der Waals surface area contributed by atoms with Crippen LogP contribution < -0.4 is 0 Å². The van der Waals surface area contributed by atoms with Gasteiger partial charge in [-0.2, -0.15) is 0 Å². The number of unbranched alkanes of at least 4 members (excludes halogenated alkanes) is 8. The summed E-state index contributed by atoms with van der Waals surface area (Å²) in [6.45, 7) is 12.0. The predicted octanol–water partition coefficient (Wildman–Crippen LogP) is 8.79. The largest absolute Gasteiger partial charge is 0.0654 e. The van der Waals surface area contributed by atoms with E-state index in [4.69, 9.17) is 0 Å². The molecule has 23 heavy (non-hydrogen) atoms. The van der Waals surface area contributed by atoms with Gasteiger partial charge in [0, 0.05) is 0 Å². The van der Waals surface area contributed by atoms with Gasteiger partial charge >= 0.3 is 0 Å². The zero-order valence-electron chi connectivity index (χ0n) is 17.3. The molecule has 0 aromatic rings. The lowest BCUT2D eigenvalue weighted by atomic mass is 9.74. The minimum absolute atomic E-state index is 0.938.